The molecule has 0 rings (SSSR count). The Kier molecular flexibility index (Phi) is 6.01. The van der Waals surface area contributed by atoms with Crippen LogP contribution in [0.1, 0.15) is 26.7 Å². The second-order valence-corrected chi connectivity index (χ2v) is 2.01. The molecular formula is C7H14ClN. The molecule has 2 N–H and O–H groups in total. The first-order chi connectivity index (χ1) is 3.68. The fourth-order valence-corrected chi connectivity index (χ4v) is 0.454. The van der Waals surface area contributed by atoms with Crippen molar-refractivity contribution in [2.24, 2.45) is 5.73 Å². The minimum Gasteiger partial charge on any atom is -0.315 e. The van der Waals surface area contributed by atoms with Crippen LogP contribution in [0.15, 0.2) is 0 Å². The molecule has 0 bridgehead atoms. The fraction of sp³-hybridized carbons (Fsp3) is 0.714. The molecular weight excluding hydrogens is 134 g/mol. The van der Waals surface area contributed by atoms with Crippen LogP contribution in [0.3, 0.4) is 0 Å². The van der Waals surface area contributed by atoms with Crippen LogP contribution in [0.2, 0.25) is 0 Å². The second-order valence-electron chi connectivity index (χ2n) is 2.01. The zero-order chi connectivity index (χ0) is 6.62. The maximum atomic E-state index is 5.66. The lowest BCUT2D eigenvalue weighted by atomic mass is 9.96. The molecule has 0 aromatic rings. The lowest BCUT2D eigenvalue weighted by molar-refractivity contribution is 0.513. The third-order valence-corrected chi connectivity index (χ3v) is 1.55. The fourth-order valence-electron chi connectivity index (χ4n) is 0.454. The molecule has 2 heteroatoms. The first-order valence-electron chi connectivity index (χ1n) is 2.95. The summed E-state index contributed by atoms with van der Waals surface area (Å²) in [5, 5.41) is 0. The molecule has 0 aliphatic heterocycles. The molecule has 0 saturated carbocycles. The van der Waals surface area contributed by atoms with E-state index < -0.39 is 0 Å². The zero-order valence-corrected chi connectivity index (χ0v) is 6.79. The highest BCUT2D eigenvalue weighted by Crippen LogP contribution is 2.07. The van der Waals surface area contributed by atoms with Crippen molar-refractivity contribution < 1.29 is 0 Å². The Morgan fingerprint density at radius 3 is 1.78 bits per heavy atom. The van der Waals surface area contributed by atoms with Gasteiger partial charge in [-0.2, -0.15) is 0 Å². The maximum absolute atomic E-state index is 5.66. The van der Waals surface area contributed by atoms with Crippen molar-refractivity contribution in [2.45, 2.75) is 32.2 Å². The summed E-state index contributed by atoms with van der Waals surface area (Å²) in [6.07, 6.45) is 6.88. The summed E-state index contributed by atoms with van der Waals surface area (Å²) in [7, 11) is 0. The van der Waals surface area contributed by atoms with Crippen LogP contribution in [0.5, 0.6) is 0 Å². The van der Waals surface area contributed by atoms with E-state index in [1.165, 1.54) is 0 Å². The van der Waals surface area contributed by atoms with Gasteiger partial charge in [-0.25, -0.2) is 0 Å². The van der Waals surface area contributed by atoms with Crippen molar-refractivity contribution in [3.8, 4) is 12.3 Å². The van der Waals surface area contributed by atoms with Gasteiger partial charge in [-0.3, -0.25) is 0 Å². The van der Waals surface area contributed by atoms with E-state index in [-0.39, 0.29) is 17.9 Å². The van der Waals surface area contributed by atoms with Crippen molar-refractivity contribution in [2.75, 3.05) is 0 Å². The molecule has 0 saturated heterocycles. The van der Waals surface area contributed by atoms with Gasteiger partial charge in [0.25, 0.3) is 0 Å². The third-order valence-electron chi connectivity index (χ3n) is 1.55. The number of halogens is 1. The van der Waals surface area contributed by atoms with Crippen LogP contribution in [-0.4, -0.2) is 5.54 Å². The first-order valence-corrected chi connectivity index (χ1v) is 2.95. The normalized spacial score (nSPS) is 9.56. The molecule has 0 radical (unpaired) electrons. The van der Waals surface area contributed by atoms with Crippen LogP contribution >= 0.6 is 12.4 Å². The van der Waals surface area contributed by atoms with Gasteiger partial charge in [0.2, 0.25) is 0 Å². The summed E-state index contributed by atoms with van der Waals surface area (Å²) in [5.41, 5.74) is 5.31. The Hall–Kier alpha value is -0.190. The largest absolute Gasteiger partial charge is 0.315 e. The van der Waals surface area contributed by atoms with Crippen molar-refractivity contribution in [3.05, 3.63) is 0 Å². The van der Waals surface area contributed by atoms with Gasteiger partial charge in [0.15, 0.2) is 0 Å². The molecule has 0 aromatic carbocycles. The molecule has 0 fully saturated rings. The minimum absolute atomic E-state index is 0. The standard InChI is InChI=1S/C7H13N.ClH/c1-4-7(8,5-2)6-3;/h1H,5-6,8H2,2-3H3;1H. The summed E-state index contributed by atoms with van der Waals surface area (Å²) in [5.74, 6) is 2.56. The molecule has 1 nitrogen and oxygen atoms in total. The van der Waals surface area contributed by atoms with E-state index in [9.17, 15) is 0 Å². The predicted molar refractivity (Wildman–Crippen MR) is 43.6 cm³/mol. The highest BCUT2D eigenvalue weighted by Gasteiger charge is 2.14. The van der Waals surface area contributed by atoms with Crippen molar-refractivity contribution in [3.63, 3.8) is 0 Å². The Balaban J connectivity index is 0. The summed E-state index contributed by atoms with van der Waals surface area (Å²) in [6.45, 7) is 4.01. The molecule has 0 aromatic heterocycles. The van der Waals surface area contributed by atoms with Gasteiger partial charge in [0.05, 0.1) is 5.54 Å². The smallest absolute Gasteiger partial charge is 0.0768 e. The van der Waals surface area contributed by atoms with Gasteiger partial charge in [-0.1, -0.05) is 19.8 Å². The molecule has 0 atom stereocenters. The van der Waals surface area contributed by atoms with E-state index in [0.717, 1.165) is 12.8 Å². The van der Waals surface area contributed by atoms with Crippen LogP contribution < -0.4 is 5.73 Å². The van der Waals surface area contributed by atoms with Gasteiger partial charge < -0.3 is 5.73 Å². The van der Waals surface area contributed by atoms with E-state index in [4.69, 9.17) is 12.2 Å². The maximum Gasteiger partial charge on any atom is 0.0768 e. The van der Waals surface area contributed by atoms with Gasteiger partial charge in [-0.15, -0.1) is 18.8 Å². The molecule has 0 aliphatic rings. The van der Waals surface area contributed by atoms with E-state index in [1.54, 1.807) is 0 Å². The van der Waals surface area contributed by atoms with Crippen molar-refractivity contribution in [1.29, 1.82) is 0 Å². The van der Waals surface area contributed by atoms with E-state index >= 15 is 0 Å². The number of terminal acetylenes is 1. The average molecular weight is 148 g/mol. The first kappa shape index (κ1) is 11.6. The summed E-state index contributed by atoms with van der Waals surface area (Å²) in [6, 6.07) is 0. The second kappa shape index (κ2) is 4.67. The topological polar surface area (TPSA) is 26.0 Å². The van der Waals surface area contributed by atoms with Crippen molar-refractivity contribution >= 4 is 12.4 Å². The SMILES string of the molecule is C#CC(N)(CC)CC.Cl. The summed E-state index contributed by atoms with van der Waals surface area (Å²) in [4.78, 5) is 0. The Labute approximate surface area is 63.4 Å². The Morgan fingerprint density at radius 2 is 1.78 bits per heavy atom. The number of rotatable bonds is 2. The number of hydrogen-bond donors (Lipinski definition) is 1. The number of nitrogens with two attached hydrogens (primary N) is 1. The van der Waals surface area contributed by atoms with Crippen LogP contribution in [0.25, 0.3) is 0 Å². The van der Waals surface area contributed by atoms with Gasteiger partial charge in [0, 0.05) is 0 Å². The van der Waals surface area contributed by atoms with Crippen molar-refractivity contribution in [1.82, 2.24) is 0 Å². The third kappa shape index (κ3) is 3.40. The molecule has 9 heavy (non-hydrogen) atoms. The van der Waals surface area contributed by atoms with Crippen LogP contribution in [-0.2, 0) is 0 Å². The Bertz CT molecular complexity index is 100.0. The van der Waals surface area contributed by atoms with Gasteiger partial charge >= 0.3 is 0 Å². The predicted octanol–water partition coefficient (Wildman–Crippen LogP) is 1.56. The average Bonchev–Trinajstić information content (AvgIpc) is 1.87. The molecule has 0 amide bonds. The van der Waals surface area contributed by atoms with E-state index in [1.807, 2.05) is 13.8 Å². The summed E-state index contributed by atoms with van der Waals surface area (Å²) < 4.78 is 0. The van der Waals surface area contributed by atoms with Gasteiger partial charge in [-0.05, 0) is 12.8 Å². The zero-order valence-electron chi connectivity index (χ0n) is 5.98. The lowest BCUT2D eigenvalue weighted by Crippen LogP contribution is -2.35. The Morgan fingerprint density at radius 1 is 1.44 bits per heavy atom. The van der Waals surface area contributed by atoms with Crippen LogP contribution in [0, 0.1) is 12.3 Å². The van der Waals surface area contributed by atoms with E-state index in [0.29, 0.717) is 0 Å². The van der Waals surface area contributed by atoms with Gasteiger partial charge in [0.1, 0.15) is 0 Å². The molecule has 0 aliphatic carbocycles. The summed E-state index contributed by atoms with van der Waals surface area (Å²) >= 11 is 0. The molecule has 0 unspecified atom stereocenters. The molecule has 54 valence electrons. The quantitative estimate of drug-likeness (QED) is 0.590. The van der Waals surface area contributed by atoms with Crippen LogP contribution in [0.4, 0.5) is 0 Å². The van der Waals surface area contributed by atoms with E-state index in [2.05, 4.69) is 5.92 Å². The highest BCUT2D eigenvalue weighted by molar-refractivity contribution is 5.85. The highest BCUT2D eigenvalue weighted by atomic mass is 35.5. The monoisotopic (exact) mass is 147 g/mol. The number of hydrogen-bond acceptors (Lipinski definition) is 1. The minimum atomic E-state index is -0.347. The molecule has 0 heterocycles. The lowest BCUT2D eigenvalue weighted by Gasteiger charge is -2.17. The molecule has 0 spiro atoms.